The average Bonchev–Trinajstić information content (AvgIpc) is 3.07. The molecule has 0 bridgehead atoms. The van der Waals surface area contributed by atoms with Crippen LogP contribution in [0.1, 0.15) is 52.7 Å². The fourth-order valence-electron chi connectivity index (χ4n) is 5.03. The number of ether oxygens (including phenoxy) is 1. The molecule has 0 saturated carbocycles. The number of amides is 3. The van der Waals surface area contributed by atoms with Crippen molar-refractivity contribution in [2.24, 2.45) is 0 Å². The van der Waals surface area contributed by atoms with Crippen molar-refractivity contribution in [1.82, 2.24) is 4.90 Å². The molecule has 2 aromatic rings. The minimum atomic E-state index is -0.466. The highest BCUT2D eigenvalue weighted by Crippen LogP contribution is 2.41. The van der Waals surface area contributed by atoms with Crippen LogP contribution >= 0.6 is 11.8 Å². The van der Waals surface area contributed by atoms with Crippen molar-refractivity contribution in [2.45, 2.75) is 53.1 Å². The zero-order valence-corrected chi connectivity index (χ0v) is 22.9. The Morgan fingerprint density at radius 2 is 1.84 bits per heavy atom. The summed E-state index contributed by atoms with van der Waals surface area (Å²) in [5, 5.41) is 2.26. The summed E-state index contributed by atoms with van der Waals surface area (Å²) in [6.45, 7) is 13.0. The van der Waals surface area contributed by atoms with Crippen LogP contribution < -0.4 is 15.0 Å². The number of fused-ring (bicyclic) bond motifs is 1. The molecule has 0 unspecified atom stereocenters. The van der Waals surface area contributed by atoms with Crippen molar-refractivity contribution in [3.05, 3.63) is 64.6 Å². The summed E-state index contributed by atoms with van der Waals surface area (Å²) in [5.41, 5.74) is 4.71. The zero-order valence-electron chi connectivity index (χ0n) is 22.1. The van der Waals surface area contributed by atoms with Crippen LogP contribution in [0.5, 0.6) is 5.75 Å². The van der Waals surface area contributed by atoms with Gasteiger partial charge in [-0.3, -0.25) is 19.3 Å². The Labute approximate surface area is 222 Å². The maximum Gasteiger partial charge on any atom is 0.294 e. The van der Waals surface area contributed by atoms with Crippen LogP contribution in [0.3, 0.4) is 0 Å². The number of carbonyl (C=O) groups is 3. The molecule has 2 aromatic carbocycles. The van der Waals surface area contributed by atoms with E-state index in [1.54, 1.807) is 30.3 Å². The third-order valence-corrected chi connectivity index (χ3v) is 7.24. The van der Waals surface area contributed by atoms with Gasteiger partial charge in [-0.1, -0.05) is 12.1 Å². The summed E-state index contributed by atoms with van der Waals surface area (Å²) >= 11 is 0.853. The van der Waals surface area contributed by atoms with E-state index in [-0.39, 0.29) is 12.1 Å². The number of anilines is 2. The molecule has 0 spiro atoms. The van der Waals surface area contributed by atoms with E-state index in [9.17, 15) is 14.4 Å². The molecule has 1 fully saturated rings. The van der Waals surface area contributed by atoms with Gasteiger partial charge in [0.05, 0.1) is 17.1 Å². The van der Waals surface area contributed by atoms with Crippen LogP contribution in [0.15, 0.2) is 53.4 Å². The molecular weight excluding hydrogens is 486 g/mol. The average molecular weight is 520 g/mol. The van der Waals surface area contributed by atoms with Crippen molar-refractivity contribution in [1.29, 1.82) is 0 Å². The molecule has 7 nitrogen and oxygen atoms in total. The summed E-state index contributed by atoms with van der Waals surface area (Å²) in [6.07, 6.45) is 3.98. The normalized spacial score (nSPS) is 17.8. The van der Waals surface area contributed by atoms with Gasteiger partial charge in [0, 0.05) is 23.0 Å². The molecule has 2 aliphatic heterocycles. The van der Waals surface area contributed by atoms with Crippen LogP contribution in [0.2, 0.25) is 0 Å². The third kappa shape index (κ3) is 5.59. The van der Waals surface area contributed by atoms with Crippen LogP contribution in [-0.4, -0.2) is 46.7 Å². The Bertz CT molecular complexity index is 1290. The van der Waals surface area contributed by atoms with Crippen molar-refractivity contribution >= 4 is 51.8 Å². The Kier molecular flexibility index (Phi) is 7.50. The van der Waals surface area contributed by atoms with Crippen molar-refractivity contribution in [3.63, 3.8) is 0 Å². The topological polar surface area (TPSA) is 79.0 Å². The fourth-order valence-corrected chi connectivity index (χ4v) is 5.87. The predicted octanol–water partition coefficient (Wildman–Crippen LogP) is 6.17. The van der Waals surface area contributed by atoms with Crippen LogP contribution in [0.4, 0.5) is 16.2 Å². The lowest BCUT2D eigenvalue weighted by Crippen LogP contribution is -2.49. The zero-order chi connectivity index (χ0) is 26.9. The predicted molar refractivity (Wildman–Crippen MR) is 151 cm³/mol. The minimum absolute atomic E-state index is 0.110. The lowest BCUT2D eigenvalue weighted by molar-refractivity contribution is -0.127. The quantitative estimate of drug-likeness (QED) is 0.441. The standard InChI is InChI=1S/C29H33N3O4S/c1-7-36-22-11-9-21(10-12-22)30-26(33)17-31-27(34)25(37-28(31)35)15-20-8-13-24-23(14-20)19(4)16-29(5,6)32(24)18(2)3/h8-16,18H,7,17H2,1-6H3,(H,30,33)/b25-15-. The van der Waals surface area contributed by atoms with Gasteiger partial charge in [0.1, 0.15) is 12.3 Å². The number of nitrogens with zero attached hydrogens (tertiary/aromatic N) is 2. The van der Waals surface area contributed by atoms with E-state index in [2.05, 4.69) is 63.0 Å². The number of thioether (sulfide) groups is 1. The summed E-state index contributed by atoms with van der Waals surface area (Å²) in [4.78, 5) is 41.8. The van der Waals surface area contributed by atoms with E-state index >= 15 is 0 Å². The highest BCUT2D eigenvalue weighted by molar-refractivity contribution is 8.18. The maximum absolute atomic E-state index is 13.0. The first-order valence-electron chi connectivity index (χ1n) is 12.4. The monoisotopic (exact) mass is 519 g/mol. The Hall–Kier alpha value is -3.52. The van der Waals surface area contributed by atoms with Gasteiger partial charge in [-0.05, 0) is 107 Å². The molecule has 0 radical (unpaired) electrons. The number of imide groups is 1. The molecular formula is C29H33N3O4S. The molecule has 4 rings (SSSR count). The summed E-state index contributed by atoms with van der Waals surface area (Å²) < 4.78 is 5.40. The van der Waals surface area contributed by atoms with Crippen molar-refractivity contribution in [2.75, 3.05) is 23.4 Å². The van der Waals surface area contributed by atoms with E-state index in [0.717, 1.165) is 33.5 Å². The molecule has 8 heteroatoms. The van der Waals surface area contributed by atoms with E-state index in [1.807, 2.05) is 13.0 Å². The number of benzene rings is 2. The van der Waals surface area contributed by atoms with E-state index < -0.39 is 17.1 Å². The second-order valence-corrected chi connectivity index (χ2v) is 11.0. The molecule has 2 heterocycles. The number of rotatable bonds is 7. The highest BCUT2D eigenvalue weighted by Gasteiger charge is 2.37. The first-order valence-corrected chi connectivity index (χ1v) is 13.2. The van der Waals surface area contributed by atoms with Gasteiger partial charge in [0.15, 0.2) is 0 Å². The van der Waals surface area contributed by atoms with Gasteiger partial charge >= 0.3 is 0 Å². The van der Waals surface area contributed by atoms with Gasteiger partial charge in [-0.15, -0.1) is 0 Å². The second-order valence-electron chi connectivity index (χ2n) is 9.99. The van der Waals surface area contributed by atoms with Crippen molar-refractivity contribution < 1.29 is 19.1 Å². The van der Waals surface area contributed by atoms with Crippen LogP contribution in [0, 0.1) is 0 Å². The number of nitrogens with one attached hydrogen (secondary N) is 1. The SMILES string of the molecule is CCOc1ccc(NC(=O)CN2C(=O)S/C(=C\c3ccc4c(c3)C(C)=CC(C)(C)N4C(C)C)C2=O)cc1. The number of hydrogen-bond donors (Lipinski definition) is 1. The molecule has 37 heavy (non-hydrogen) atoms. The lowest BCUT2D eigenvalue weighted by atomic mass is 9.87. The summed E-state index contributed by atoms with van der Waals surface area (Å²) in [5.74, 6) is -0.213. The Morgan fingerprint density at radius 1 is 1.14 bits per heavy atom. The molecule has 0 aromatic heterocycles. The van der Waals surface area contributed by atoms with Gasteiger partial charge in [0.2, 0.25) is 5.91 Å². The molecule has 0 atom stereocenters. The smallest absolute Gasteiger partial charge is 0.294 e. The third-order valence-electron chi connectivity index (χ3n) is 6.33. The van der Waals surface area contributed by atoms with E-state index in [1.165, 1.54) is 5.57 Å². The summed E-state index contributed by atoms with van der Waals surface area (Å²) in [7, 11) is 0. The van der Waals surface area contributed by atoms with Gasteiger partial charge in [-0.2, -0.15) is 0 Å². The largest absolute Gasteiger partial charge is 0.494 e. The van der Waals surface area contributed by atoms with Crippen molar-refractivity contribution in [3.8, 4) is 5.75 Å². The minimum Gasteiger partial charge on any atom is -0.494 e. The molecule has 3 amide bonds. The molecule has 1 N–H and O–H groups in total. The van der Waals surface area contributed by atoms with Gasteiger partial charge < -0.3 is 15.0 Å². The Morgan fingerprint density at radius 3 is 2.49 bits per heavy atom. The van der Waals surface area contributed by atoms with Gasteiger partial charge in [0.25, 0.3) is 11.1 Å². The molecule has 194 valence electrons. The number of allylic oxidation sites excluding steroid dienone is 1. The fraction of sp³-hybridized carbons (Fsp3) is 0.345. The molecule has 0 aliphatic carbocycles. The molecule has 1 saturated heterocycles. The highest BCUT2D eigenvalue weighted by atomic mass is 32.2. The summed E-state index contributed by atoms with van der Waals surface area (Å²) in [6, 6.07) is 13.3. The number of hydrogen-bond acceptors (Lipinski definition) is 6. The van der Waals surface area contributed by atoms with E-state index in [4.69, 9.17) is 4.74 Å². The van der Waals surface area contributed by atoms with E-state index in [0.29, 0.717) is 29.0 Å². The van der Waals surface area contributed by atoms with Gasteiger partial charge in [-0.25, -0.2) is 0 Å². The Balaban J connectivity index is 1.49. The molecule has 2 aliphatic rings. The maximum atomic E-state index is 13.0. The first kappa shape index (κ1) is 26.5. The first-order chi connectivity index (χ1) is 17.5. The second kappa shape index (κ2) is 10.5. The van der Waals surface area contributed by atoms with Crippen LogP contribution in [0.25, 0.3) is 11.6 Å². The van der Waals surface area contributed by atoms with Crippen LogP contribution in [-0.2, 0) is 9.59 Å². The lowest BCUT2D eigenvalue weighted by Gasteiger charge is -2.46. The number of carbonyl (C=O) groups excluding carboxylic acids is 3.